The Kier molecular flexibility index (Phi) is 5.92. The average molecular weight is 260 g/mol. The molecule has 0 aromatic rings. The number of rotatable bonds is 6. The molecular weight excluding hydrogens is 246 g/mol. The Bertz CT molecular complexity index is 317. The van der Waals surface area contributed by atoms with Crippen LogP contribution in [0.3, 0.4) is 0 Å². The summed E-state index contributed by atoms with van der Waals surface area (Å²) in [5, 5.41) is 8.60. The molecule has 0 aliphatic carbocycles. The molecule has 1 unspecified atom stereocenters. The third-order valence-corrected chi connectivity index (χ3v) is 4.08. The van der Waals surface area contributed by atoms with Crippen molar-refractivity contribution in [2.24, 2.45) is 0 Å². The maximum atomic E-state index is 11.0. The highest BCUT2D eigenvalue weighted by Gasteiger charge is 2.29. The van der Waals surface area contributed by atoms with Crippen molar-refractivity contribution in [2.45, 2.75) is 13.3 Å². The van der Waals surface area contributed by atoms with Crippen molar-refractivity contribution >= 4 is 15.4 Å². The lowest BCUT2D eigenvalue weighted by Gasteiger charge is -2.11. The average Bonchev–Trinajstić information content (AvgIpc) is 1.98. The molecule has 0 heterocycles. The third kappa shape index (κ3) is 8.96. The van der Waals surface area contributed by atoms with Crippen molar-refractivity contribution in [3.05, 3.63) is 11.6 Å². The van der Waals surface area contributed by atoms with Crippen LogP contribution >= 0.6 is 15.4 Å². The van der Waals surface area contributed by atoms with Crippen molar-refractivity contribution in [1.29, 1.82) is 0 Å². The molecule has 0 saturated heterocycles. The van der Waals surface area contributed by atoms with Crippen molar-refractivity contribution in [1.82, 2.24) is 0 Å². The van der Waals surface area contributed by atoms with Gasteiger partial charge in [-0.1, -0.05) is 11.6 Å². The molecule has 0 aromatic heterocycles. The Labute approximate surface area is 87.2 Å². The molecule has 7 nitrogen and oxygen atoms in total. The van der Waals surface area contributed by atoms with Crippen LogP contribution in [0, 0.1) is 0 Å². The number of phosphoric acid groups is 1. The van der Waals surface area contributed by atoms with E-state index in [4.69, 9.17) is 19.8 Å². The smallest absolute Gasteiger partial charge is 0.392 e. The van der Waals surface area contributed by atoms with Gasteiger partial charge in [0, 0.05) is 0 Å². The summed E-state index contributed by atoms with van der Waals surface area (Å²) in [5.74, 6) is 0. The van der Waals surface area contributed by atoms with Gasteiger partial charge in [0.2, 0.25) is 0 Å². The molecule has 1 atom stereocenters. The summed E-state index contributed by atoms with van der Waals surface area (Å²) in [6.07, 6.45) is 1.18. The lowest BCUT2D eigenvalue weighted by atomic mass is 10.3. The van der Waals surface area contributed by atoms with E-state index in [0.29, 0.717) is 5.57 Å². The normalized spacial score (nSPS) is 17.5. The van der Waals surface area contributed by atoms with E-state index in [0.717, 1.165) is 0 Å². The number of allylic oxidation sites excluding steroid dienone is 1. The van der Waals surface area contributed by atoms with Gasteiger partial charge >= 0.3 is 15.4 Å². The van der Waals surface area contributed by atoms with Crippen molar-refractivity contribution in [2.75, 3.05) is 12.8 Å². The van der Waals surface area contributed by atoms with Gasteiger partial charge in [0.25, 0.3) is 0 Å². The quantitative estimate of drug-likeness (QED) is 0.407. The van der Waals surface area contributed by atoms with Crippen LogP contribution in [-0.4, -0.2) is 32.6 Å². The van der Waals surface area contributed by atoms with Gasteiger partial charge in [-0.2, -0.15) is 0 Å². The summed E-state index contributed by atoms with van der Waals surface area (Å²) in [5.41, 5.74) is 0.603. The van der Waals surface area contributed by atoms with Gasteiger partial charge in [-0.15, -0.1) is 0 Å². The van der Waals surface area contributed by atoms with Crippen LogP contribution in [-0.2, 0) is 13.4 Å². The van der Waals surface area contributed by atoms with Crippen LogP contribution in [0.2, 0.25) is 0 Å². The maximum absolute atomic E-state index is 11.0. The fraction of sp³-hybridized carbons (Fsp3) is 0.667. The minimum atomic E-state index is -4.94. The topological polar surface area (TPSA) is 124 Å². The number of aliphatic hydroxyl groups excluding tert-OH is 1. The minimum absolute atomic E-state index is 0.0974. The number of hydrogen-bond acceptors (Lipinski definition) is 4. The Balaban J connectivity index is 4.18. The van der Waals surface area contributed by atoms with E-state index in [1.165, 1.54) is 6.08 Å². The van der Waals surface area contributed by atoms with Crippen LogP contribution in [0.1, 0.15) is 13.3 Å². The van der Waals surface area contributed by atoms with E-state index >= 15 is 0 Å². The summed E-state index contributed by atoms with van der Waals surface area (Å²) < 4.78 is 25.1. The Morgan fingerprint density at radius 1 is 1.33 bits per heavy atom. The molecule has 0 amide bonds. The molecular formula is C6H14O7P2. The standard InChI is InChI=1S/C6H14O7P2/c1-6(5-7)3-2-4-14(8,9)13-15(10,11)12/h3,7H,2,4-5H2,1H3,(H,8,9)(H2,10,11,12). The first kappa shape index (κ1) is 15.0. The Morgan fingerprint density at radius 2 is 1.87 bits per heavy atom. The van der Waals surface area contributed by atoms with E-state index in [9.17, 15) is 9.13 Å². The van der Waals surface area contributed by atoms with Gasteiger partial charge in [-0.3, -0.25) is 4.57 Å². The second-order valence-corrected chi connectivity index (χ2v) is 6.29. The highest BCUT2D eigenvalue weighted by molar-refractivity contribution is 7.63. The molecule has 0 aliphatic heterocycles. The Hall–Kier alpha value is -0.0000000000000000694. The maximum Gasteiger partial charge on any atom is 0.476 e. The predicted molar refractivity (Wildman–Crippen MR) is 53.3 cm³/mol. The summed E-state index contributed by atoms with van der Waals surface area (Å²) in [6.45, 7) is 1.45. The lowest BCUT2D eigenvalue weighted by molar-refractivity contribution is 0.263. The lowest BCUT2D eigenvalue weighted by Crippen LogP contribution is -1.93. The van der Waals surface area contributed by atoms with Gasteiger partial charge in [0.05, 0.1) is 12.8 Å². The second-order valence-electron chi connectivity index (χ2n) is 2.93. The molecule has 0 saturated carbocycles. The van der Waals surface area contributed by atoms with Gasteiger partial charge < -0.3 is 19.8 Å². The third-order valence-electron chi connectivity index (χ3n) is 1.39. The molecule has 0 aliphatic rings. The van der Waals surface area contributed by atoms with Gasteiger partial charge in [-0.25, -0.2) is 8.88 Å². The molecule has 15 heavy (non-hydrogen) atoms. The molecule has 90 valence electrons. The van der Waals surface area contributed by atoms with Crippen LogP contribution < -0.4 is 0 Å². The van der Waals surface area contributed by atoms with E-state index in [-0.39, 0.29) is 13.0 Å². The van der Waals surface area contributed by atoms with E-state index in [2.05, 4.69) is 4.31 Å². The van der Waals surface area contributed by atoms with E-state index in [1.54, 1.807) is 6.92 Å². The summed E-state index contributed by atoms with van der Waals surface area (Å²) in [6, 6.07) is 0. The molecule has 0 radical (unpaired) electrons. The zero-order valence-electron chi connectivity index (χ0n) is 8.11. The Morgan fingerprint density at radius 3 is 2.27 bits per heavy atom. The SMILES string of the molecule is CC(=CCCP(=O)(O)OP(=O)(O)O)CO. The highest BCUT2D eigenvalue weighted by Crippen LogP contribution is 2.57. The molecule has 9 heteroatoms. The first-order valence-corrected chi connectivity index (χ1v) is 7.31. The van der Waals surface area contributed by atoms with Crippen molar-refractivity contribution in [3.8, 4) is 0 Å². The van der Waals surface area contributed by atoms with Gasteiger partial charge in [-0.05, 0) is 13.3 Å². The molecule has 0 rings (SSSR count). The summed E-state index contributed by atoms with van der Waals surface area (Å²) in [7, 11) is -9.21. The number of hydrogen-bond donors (Lipinski definition) is 4. The zero-order valence-corrected chi connectivity index (χ0v) is 9.90. The molecule has 0 fully saturated rings. The van der Waals surface area contributed by atoms with E-state index < -0.39 is 21.6 Å². The highest BCUT2D eigenvalue weighted by atomic mass is 31.3. The van der Waals surface area contributed by atoms with Crippen molar-refractivity contribution < 1.29 is 33.2 Å². The van der Waals surface area contributed by atoms with Gasteiger partial charge in [0.15, 0.2) is 0 Å². The van der Waals surface area contributed by atoms with Crippen molar-refractivity contribution in [3.63, 3.8) is 0 Å². The van der Waals surface area contributed by atoms with Crippen LogP contribution in [0.5, 0.6) is 0 Å². The fourth-order valence-corrected chi connectivity index (χ4v) is 2.86. The molecule has 0 aromatic carbocycles. The predicted octanol–water partition coefficient (Wildman–Crippen LogP) is 0.610. The largest absolute Gasteiger partial charge is 0.476 e. The van der Waals surface area contributed by atoms with Crippen LogP contribution in [0.4, 0.5) is 0 Å². The van der Waals surface area contributed by atoms with Crippen LogP contribution in [0.15, 0.2) is 11.6 Å². The van der Waals surface area contributed by atoms with Crippen LogP contribution in [0.25, 0.3) is 0 Å². The first-order chi connectivity index (χ1) is 6.66. The zero-order chi connectivity index (χ0) is 12.1. The minimum Gasteiger partial charge on any atom is -0.392 e. The summed E-state index contributed by atoms with van der Waals surface area (Å²) in [4.78, 5) is 25.6. The number of aliphatic hydroxyl groups is 1. The second kappa shape index (κ2) is 5.92. The molecule has 0 spiro atoms. The van der Waals surface area contributed by atoms with Gasteiger partial charge in [0.1, 0.15) is 0 Å². The first-order valence-electron chi connectivity index (χ1n) is 4.01. The summed E-state index contributed by atoms with van der Waals surface area (Å²) >= 11 is 0. The van der Waals surface area contributed by atoms with E-state index in [1.807, 2.05) is 0 Å². The molecule has 4 N–H and O–H groups in total. The monoisotopic (exact) mass is 260 g/mol. The fourth-order valence-electron chi connectivity index (χ4n) is 0.746. The molecule has 0 bridgehead atoms.